The number of alkyl halides is 3. The van der Waals surface area contributed by atoms with Gasteiger partial charge >= 0.3 is 6.18 Å². The highest BCUT2D eigenvalue weighted by Crippen LogP contribution is 2.38. The number of carbonyl (C=O) groups excluding carboxylic acids is 2. The molecule has 1 aliphatic heterocycles. The number of benzene rings is 1. The molecule has 11 heteroatoms. The van der Waals surface area contributed by atoms with Crippen molar-refractivity contribution in [2.24, 2.45) is 5.92 Å². The lowest BCUT2D eigenvalue weighted by molar-refractivity contribution is -0.137. The summed E-state index contributed by atoms with van der Waals surface area (Å²) in [6.07, 6.45) is -4.74. The molecule has 1 fully saturated rings. The standard InChI is InChI=1S/C15H12ClF3N4O2S/c1-7-21-22-14(26-7)20-13(25)8-4-12(24)23(6-8)9-2-3-11(16)10(5-9)15(17,18)19/h2-3,5,8H,4,6H2,1H3,(H,20,22,25)/t8-/m0/s1. The van der Waals surface area contributed by atoms with Gasteiger partial charge in [-0.05, 0) is 25.1 Å². The summed E-state index contributed by atoms with van der Waals surface area (Å²) < 4.78 is 39.0. The van der Waals surface area contributed by atoms with Crippen molar-refractivity contribution in [3.63, 3.8) is 0 Å². The first-order chi connectivity index (χ1) is 12.1. The summed E-state index contributed by atoms with van der Waals surface area (Å²) in [5.41, 5.74) is -0.976. The fraction of sp³-hybridized carbons (Fsp3) is 0.333. The Morgan fingerprint density at radius 1 is 1.38 bits per heavy atom. The minimum absolute atomic E-state index is 0.0264. The average Bonchev–Trinajstić information content (AvgIpc) is 3.12. The van der Waals surface area contributed by atoms with Crippen LogP contribution in [0.5, 0.6) is 0 Å². The van der Waals surface area contributed by atoms with E-state index < -0.39 is 34.5 Å². The van der Waals surface area contributed by atoms with E-state index in [9.17, 15) is 22.8 Å². The van der Waals surface area contributed by atoms with Crippen LogP contribution >= 0.6 is 22.9 Å². The number of aromatic nitrogens is 2. The maximum absolute atomic E-state index is 13.0. The summed E-state index contributed by atoms with van der Waals surface area (Å²) in [6.45, 7) is 1.70. The molecule has 1 atom stereocenters. The lowest BCUT2D eigenvalue weighted by Gasteiger charge is -2.19. The van der Waals surface area contributed by atoms with Crippen LogP contribution in [0, 0.1) is 12.8 Å². The fourth-order valence-electron chi connectivity index (χ4n) is 2.59. The van der Waals surface area contributed by atoms with Crippen LogP contribution in [0.1, 0.15) is 17.0 Å². The van der Waals surface area contributed by atoms with Crippen molar-refractivity contribution in [2.75, 3.05) is 16.8 Å². The van der Waals surface area contributed by atoms with Gasteiger partial charge in [0.15, 0.2) is 0 Å². The summed E-state index contributed by atoms with van der Waals surface area (Å²) >= 11 is 6.78. The molecule has 0 radical (unpaired) electrons. The van der Waals surface area contributed by atoms with Gasteiger partial charge < -0.3 is 10.2 Å². The van der Waals surface area contributed by atoms with E-state index in [1.54, 1.807) is 6.92 Å². The second-order valence-corrected chi connectivity index (χ2v) is 7.27. The number of nitrogens with one attached hydrogen (secondary N) is 1. The van der Waals surface area contributed by atoms with Gasteiger partial charge in [-0.3, -0.25) is 9.59 Å². The summed E-state index contributed by atoms with van der Waals surface area (Å²) in [5, 5.41) is 10.6. The number of anilines is 2. The normalized spacial score (nSPS) is 17.7. The molecule has 0 aliphatic carbocycles. The summed E-state index contributed by atoms with van der Waals surface area (Å²) in [6, 6.07) is 3.23. The molecular formula is C15H12ClF3N4O2S. The lowest BCUT2D eigenvalue weighted by atomic mass is 10.1. The minimum atomic E-state index is -4.64. The van der Waals surface area contributed by atoms with Gasteiger partial charge in [-0.25, -0.2) is 0 Å². The Kier molecular flexibility index (Phi) is 4.89. The molecular weight excluding hydrogens is 393 g/mol. The molecule has 0 spiro atoms. The molecule has 3 rings (SSSR count). The molecule has 2 heterocycles. The number of carbonyl (C=O) groups is 2. The highest BCUT2D eigenvalue weighted by Gasteiger charge is 2.38. The summed E-state index contributed by atoms with van der Waals surface area (Å²) in [5.74, 6) is -1.56. The zero-order valence-electron chi connectivity index (χ0n) is 13.3. The minimum Gasteiger partial charge on any atom is -0.312 e. The lowest BCUT2D eigenvalue weighted by Crippen LogP contribution is -2.28. The van der Waals surface area contributed by atoms with Gasteiger partial charge in [-0.2, -0.15) is 13.2 Å². The SMILES string of the molecule is Cc1nnc(NC(=O)[C@H]2CC(=O)N(c3ccc(Cl)c(C(F)(F)F)c3)C2)s1. The third-order valence-corrected chi connectivity index (χ3v) is 4.90. The predicted molar refractivity (Wildman–Crippen MR) is 90.2 cm³/mol. The quantitative estimate of drug-likeness (QED) is 0.849. The maximum atomic E-state index is 13.0. The van der Waals surface area contributed by atoms with Crippen molar-refractivity contribution < 1.29 is 22.8 Å². The van der Waals surface area contributed by atoms with E-state index in [0.717, 1.165) is 17.0 Å². The monoisotopic (exact) mass is 404 g/mol. The number of hydrogen-bond acceptors (Lipinski definition) is 5. The molecule has 2 amide bonds. The van der Waals surface area contributed by atoms with Crippen molar-refractivity contribution in [3.8, 4) is 0 Å². The van der Waals surface area contributed by atoms with Gasteiger partial charge in [0.2, 0.25) is 16.9 Å². The van der Waals surface area contributed by atoms with E-state index in [-0.39, 0.29) is 18.7 Å². The maximum Gasteiger partial charge on any atom is 0.417 e. The first-order valence-corrected chi connectivity index (χ1v) is 8.62. The number of hydrogen-bond donors (Lipinski definition) is 1. The van der Waals surface area contributed by atoms with Gasteiger partial charge in [0.25, 0.3) is 0 Å². The highest BCUT2D eigenvalue weighted by molar-refractivity contribution is 7.15. The van der Waals surface area contributed by atoms with E-state index in [1.807, 2.05) is 0 Å². The highest BCUT2D eigenvalue weighted by atomic mass is 35.5. The van der Waals surface area contributed by atoms with Gasteiger partial charge in [0.1, 0.15) is 5.01 Å². The Labute approximate surface area is 155 Å². The van der Waals surface area contributed by atoms with Crippen molar-refractivity contribution in [1.29, 1.82) is 0 Å². The van der Waals surface area contributed by atoms with Crippen LogP contribution in [-0.2, 0) is 15.8 Å². The third-order valence-electron chi connectivity index (χ3n) is 3.82. The van der Waals surface area contributed by atoms with E-state index in [2.05, 4.69) is 15.5 Å². The molecule has 2 aromatic rings. The first kappa shape index (κ1) is 18.6. The number of halogens is 4. The third kappa shape index (κ3) is 3.80. The number of amides is 2. The van der Waals surface area contributed by atoms with E-state index in [1.165, 1.54) is 17.4 Å². The van der Waals surface area contributed by atoms with Crippen LogP contribution in [0.25, 0.3) is 0 Å². The Balaban J connectivity index is 1.76. The molecule has 26 heavy (non-hydrogen) atoms. The molecule has 6 nitrogen and oxygen atoms in total. The van der Waals surface area contributed by atoms with Crippen LogP contribution in [-0.4, -0.2) is 28.6 Å². The second-order valence-electron chi connectivity index (χ2n) is 5.68. The predicted octanol–water partition coefficient (Wildman–Crippen LogP) is 3.51. The van der Waals surface area contributed by atoms with Crippen molar-refractivity contribution in [2.45, 2.75) is 19.5 Å². The number of nitrogens with zero attached hydrogens (tertiary/aromatic N) is 3. The molecule has 1 aromatic carbocycles. The Hall–Kier alpha value is -2.20. The molecule has 1 N–H and O–H groups in total. The molecule has 0 bridgehead atoms. The van der Waals surface area contributed by atoms with Crippen molar-refractivity contribution in [3.05, 3.63) is 33.8 Å². The molecule has 0 unspecified atom stereocenters. The number of rotatable bonds is 3. The van der Waals surface area contributed by atoms with E-state index in [0.29, 0.717) is 10.1 Å². The molecule has 1 aliphatic rings. The van der Waals surface area contributed by atoms with Crippen molar-refractivity contribution in [1.82, 2.24) is 10.2 Å². The van der Waals surface area contributed by atoms with Crippen LogP contribution < -0.4 is 10.2 Å². The smallest absolute Gasteiger partial charge is 0.312 e. The van der Waals surface area contributed by atoms with E-state index in [4.69, 9.17) is 11.6 Å². The van der Waals surface area contributed by atoms with Gasteiger partial charge in [0.05, 0.1) is 16.5 Å². The van der Waals surface area contributed by atoms with Gasteiger partial charge in [0, 0.05) is 18.7 Å². The Morgan fingerprint density at radius 2 is 2.12 bits per heavy atom. The van der Waals surface area contributed by atoms with Crippen LogP contribution in [0.4, 0.5) is 24.0 Å². The first-order valence-electron chi connectivity index (χ1n) is 7.43. The van der Waals surface area contributed by atoms with Crippen LogP contribution in [0.15, 0.2) is 18.2 Å². The molecule has 0 saturated carbocycles. The summed E-state index contributed by atoms with van der Waals surface area (Å²) in [7, 11) is 0. The average molecular weight is 405 g/mol. The summed E-state index contributed by atoms with van der Waals surface area (Å²) in [4.78, 5) is 25.6. The number of aryl methyl sites for hydroxylation is 1. The largest absolute Gasteiger partial charge is 0.417 e. The Bertz CT molecular complexity index is 871. The molecule has 1 aromatic heterocycles. The van der Waals surface area contributed by atoms with E-state index >= 15 is 0 Å². The zero-order chi connectivity index (χ0) is 19.1. The van der Waals surface area contributed by atoms with Crippen LogP contribution in [0.2, 0.25) is 5.02 Å². The zero-order valence-corrected chi connectivity index (χ0v) is 14.9. The van der Waals surface area contributed by atoms with Crippen LogP contribution in [0.3, 0.4) is 0 Å². The van der Waals surface area contributed by atoms with Gasteiger partial charge in [-0.1, -0.05) is 22.9 Å². The fourth-order valence-corrected chi connectivity index (χ4v) is 3.41. The topological polar surface area (TPSA) is 75.2 Å². The second kappa shape index (κ2) is 6.84. The molecule has 1 saturated heterocycles. The Morgan fingerprint density at radius 3 is 2.73 bits per heavy atom. The van der Waals surface area contributed by atoms with Crippen molar-refractivity contribution >= 4 is 45.6 Å². The van der Waals surface area contributed by atoms with Gasteiger partial charge in [-0.15, -0.1) is 10.2 Å². The molecule has 138 valence electrons.